The van der Waals surface area contributed by atoms with Gasteiger partial charge in [0.05, 0.1) is 21.0 Å². The normalized spacial score (nSPS) is 18.7. The highest BCUT2D eigenvalue weighted by molar-refractivity contribution is 7.89. The molecule has 0 unspecified atom stereocenters. The van der Waals surface area contributed by atoms with Gasteiger partial charge in [0.2, 0.25) is 10.0 Å². The van der Waals surface area contributed by atoms with Gasteiger partial charge in [0.25, 0.3) is 0 Å². The van der Waals surface area contributed by atoms with E-state index >= 15 is 0 Å². The van der Waals surface area contributed by atoms with Crippen LogP contribution in [0, 0.1) is 0 Å². The molecule has 3 N–H and O–H groups in total. The van der Waals surface area contributed by atoms with Crippen LogP contribution in [-0.4, -0.2) is 52.1 Å². The van der Waals surface area contributed by atoms with Crippen LogP contribution < -0.4 is 10.0 Å². The Labute approximate surface area is 228 Å². The maximum absolute atomic E-state index is 13.5. The molecule has 1 amide bonds. The monoisotopic (exact) mass is 585 g/mol. The standard InChI is InChI=1S/C25H30F3N5O4S2/c1-24(2,3)32-39(36,37)21-10-16(17-11-30-33(13-17)14-25(26,27)28)6-9-19(21)20-12-29-22(38-20)15-4-7-18(8-5-15)31-23(34)35/h6,9-13,15,18,31-32H,4-5,7-8,14H2,1-3H3,(H,34,35). The molecule has 1 fully saturated rings. The number of carbonyl (C=O) groups is 1. The number of aromatic nitrogens is 3. The van der Waals surface area contributed by atoms with Gasteiger partial charge >= 0.3 is 12.3 Å². The van der Waals surface area contributed by atoms with E-state index in [-0.39, 0.29) is 16.9 Å². The van der Waals surface area contributed by atoms with E-state index in [0.717, 1.165) is 22.5 Å². The van der Waals surface area contributed by atoms with Crippen LogP contribution in [0.5, 0.6) is 0 Å². The number of alkyl halides is 3. The Hall–Kier alpha value is -2.97. The molecule has 2 heterocycles. The third-order valence-electron chi connectivity index (χ3n) is 6.21. The van der Waals surface area contributed by atoms with Crippen molar-refractivity contribution in [2.24, 2.45) is 0 Å². The Bertz CT molecular complexity index is 1440. The number of thiazole rings is 1. The van der Waals surface area contributed by atoms with Crippen molar-refractivity contribution in [1.82, 2.24) is 24.8 Å². The van der Waals surface area contributed by atoms with Crippen molar-refractivity contribution in [1.29, 1.82) is 0 Å². The highest BCUT2D eigenvalue weighted by Gasteiger charge is 2.30. The first kappa shape index (κ1) is 29.0. The van der Waals surface area contributed by atoms with Gasteiger partial charge < -0.3 is 10.4 Å². The van der Waals surface area contributed by atoms with Gasteiger partial charge in [-0.05, 0) is 58.1 Å². The molecule has 1 saturated carbocycles. The second-order valence-electron chi connectivity index (χ2n) is 10.7. The number of nitrogens with zero attached hydrogens (tertiary/aromatic N) is 3. The Morgan fingerprint density at radius 2 is 1.82 bits per heavy atom. The van der Waals surface area contributed by atoms with E-state index in [4.69, 9.17) is 5.11 Å². The second kappa shape index (κ2) is 10.9. The first-order chi connectivity index (χ1) is 18.1. The number of benzene rings is 1. The fraction of sp³-hybridized carbons (Fsp3) is 0.480. The summed E-state index contributed by atoms with van der Waals surface area (Å²) in [4.78, 5) is 16.1. The maximum atomic E-state index is 13.5. The predicted octanol–water partition coefficient (Wildman–Crippen LogP) is 5.61. The summed E-state index contributed by atoms with van der Waals surface area (Å²) in [5, 5.41) is 16.1. The van der Waals surface area contributed by atoms with E-state index in [1.807, 2.05) is 0 Å². The van der Waals surface area contributed by atoms with Crippen LogP contribution >= 0.6 is 11.3 Å². The van der Waals surface area contributed by atoms with Crippen molar-refractivity contribution in [3.63, 3.8) is 0 Å². The summed E-state index contributed by atoms with van der Waals surface area (Å²) in [5.74, 6) is 0.141. The lowest BCUT2D eigenvalue weighted by molar-refractivity contribution is -0.142. The number of sulfonamides is 1. The van der Waals surface area contributed by atoms with E-state index in [9.17, 15) is 26.4 Å². The van der Waals surface area contributed by atoms with Gasteiger partial charge in [-0.2, -0.15) is 18.3 Å². The first-order valence-electron chi connectivity index (χ1n) is 12.3. The summed E-state index contributed by atoms with van der Waals surface area (Å²) in [6.07, 6.45) is 1.57. The molecule has 39 heavy (non-hydrogen) atoms. The average molecular weight is 586 g/mol. The predicted molar refractivity (Wildman–Crippen MR) is 141 cm³/mol. The molecule has 0 spiro atoms. The van der Waals surface area contributed by atoms with Crippen LogP contribution in [0.3, 0.4) is 0 Å². The molecule has 1 aliphatic carbocycles. The summed E-state index contributed by atoms with van der Waals surface area (Å²) < 4.78 is 68.8. The van der Waals surface area contributed by atoms with Gasteiger partial charge in [0.15, 0.2) is 0 Å². The van der Waals surface area contributed by atoms with Crippen molar-refractivity contribution in [3.05, 3.63) is 41.8 Å². The zero-order valence-electron chi connectivity index (χ0n) is 21.6. The van der Waals surface area contributed by atoms with Crippen molar-refractivity contribution < 1.29 is 31.5 Å². The summed E-state index contributed by atoms with van der Waals surface area (Å²) in [6, 6.07) is 4.65. The second-order valence-corrected chi connectivity index (χ2v) is 13.4. The minimum Gasteiger partial charge on any atom is -0.465 e. The fourth-order valence-corrected chi connectivity index (χ4v) is 7.49. The Kier molecular flexibility index (Phi) is 8.11. The molecule has 4 rings (SSSR count). The molecule has 1 aliphatic rings. The van der Waals surface area contributed by atoms with Gasteiger partial charge in [0, 0.05) is 41.0 Å². The number of rotatable bonds is 7. The maximum Gasteiger partial charge on any atom is 0.408 e. The van der Waals surface area contributed by atoms with Crippen LogP contribution in [-0.2, 0) is 16.6 Å². The van der Waals surface area contributed by atoms with Crippen molar-refractivity contribution in [2.45, 2.75) is 81.6 Å². The average Bonchev–Trinajstić information content (AvgIpc) is 3.46. The molecular formula is C25H30F3N5O4S2. The Morgan fingerprint density at radius 3 is 2.44 bits per heavy atom. The lowest BCUT2D eigenvalue weighted by Crippen LogP contribution is -2.40. The summed E-state index contributed by atoms with van der Waals surface area (Å²) in [7, 11) is -4.03. The molecule has 0 aliphatic heterocycles. The third kappa shape index (κ3) is 7.57. The van der Waals surface area contributed by atoms with E-state index in [1.165, 1.54) is 29.8 Å². The van der Waals surface area contributed by atoms with Gasteiger partial charge in [-0.3, -0.25) is 4.68 Å². The molecule has 3 aromatic rings. The van der Waals surface area contributed by atoms with E-state index in [1.54, 1.807) is 39.1 Å². The number of carboxylic acid groups (broad SMARTS) is 1. The largest absolute Gasteiger partial charge is 0.465 e. The van der Waals surface area contributed by atoms with E-state index in [0.29, 0.717) is 34.4 Å². The quantitative estimate of drug-likeness (QED) is 0.331. The smallest absolute Gasteiger partial charge is 0.408 e. The summed E-state index contributed by atoms with van der Waals surface area (Å²) >= 11 is 1.39. The molecule has 14 heteroatoms. The molecule has 212 valence electrons. The van der Waals surface area contributed by atoms with Gasteiger partial charge in [-0.1, -0.05) is 12.1 Å². The number of hydrogen-bond acceptors (Lipinski definition) is 6. The molecule has 1 aromatic carbocycles. The van der Waals surface area contributed by atoms with Gasteiger partial charge in [0.1, 0.15) is 6.54 Å². The van der Waals surface area contributed by atoms with Crippen LogP contribution in [0.15, 0.2) is 41.7 Å². The summed E-state index contributed by atoms with van der Waals surface area (Å²) in [6.45, 7) is 3.90. The SMILES string of the molecule is CC(C)(C)NS(=O)(=O)c1cc(-c2cnn(CC(F)(F)F)c2)ccc1-c1cnc(C2CCC(NC(=O)O)CC2)s1. The lowest BCUT2D eigenvalue weighted by atomic mass is 9.86. The van der Waals surface area contributed by atoms with Crippen molar-refractivity contribution in [3.8, 4) is 21.6 Å². The third-order valence-corrected chi connectivity index (χ3v) is 9.20. The molecule has 0 saturated heterocycles. The van der Waals surface area contributed by atoms with Crippen molar-refractivity contribution in [2.75, 3.05) is 0 Å². The van der Waals surface area contributed by atoms with E-state index < -0.39 is 34.4 Å². The lowest BCUT2D eigenvalue weighted by Gasteiger charge is -2.27. The van der Waals surface area contributed by atoms with Crippen LogP contribution in [0.1, 0.15) is 57.4 Å². The molecule has 0 atom stereocenters. The van der Waals surface area contributed by atoms with E-state index in [2.05, 4.69) is 20.1 Å². The zero-order valence-corrected chi connectivity index (χ0v) is 23.3. The number of nitrogens with one attached hydrogen (secondary N) is 2. The Balaban J connectivity index is 1.67. The molecule has 9 nitrogen and oxygen atoms in total. The fourth-order valence-electron chi connectivity index (χ4n) is 4.63. The topological polar surface area (TPSA) is 126 Å². The van der Waals surface area contributed by atoms with Gasteiger partial charge in [-0.25, -0.2) is 22.9 Å². The highest BCUT2D eigenvalue weighted by Crippen LogP contribution is 2.40. The molecule has 0 bridgehead atoms. The molecular weight excluding hydrogens is 555 g/mol. The van der Waals surface area contributed by atoms with Crippen LogP contribution in [0.25, 0.3) is 21.6 Å². The summed E-state index contributed by atoms with van der Waals surface area (Å²) in [5.41, 5.74) is 0.430. The number of halogens is 3. The van der Waals surface area contributed by atoms with Crippen LogP contribution in [0.4, 0.5) is 18.0 Å². The molecule has 0 radical (unpaired) electrons. The minimum atomic E-state index is -4.44. The van der Waals surface area contributed by atoms with Crippen LogP contribution in [0.2, 0.25) is 0 Å². The highest BCUT2D eigenvalue weighted by atomic mass is 32.2. The number of amides is 1. The number of hydrogen-bond donors (Lipinski definition) is 3. The zero-order chi connectivity index (χ0) is 28.6. The van der Waals surface area contributed by atoms with Gasteiger partial charge in [-0.15, -0.1) is 11.3 Å². The Morgan fingerprint density at radius 1 is 1.13 bits per heavy atom. The minimum absolute atomic E-state index is 0.0111. The molecule has 2 aromatic heterocycles. The first-order valence-corrected chi connectivity index (χ1v) is 14.6. The van der Waals surface area contributed by atoms with Crippen molar-refractivity contribution >= 4 is 27.5 Å².